The summed E-state index contributed by atoms with van der Waals surface area (Å²) >= 11 is 0. The number of hydrogen-bond donors (Lipinski definition) is 1. The quantitative estimate of drug-likeness (QED) is 0.843. The lowest BCUT2D eigenvalue weighted by Crippen LogP contribution is -2.29. The van der Waals surface area contributed by atoms with Gasteiger partial charge < -0.3 is 5.11 Å². The Morgan fingerprint density at radius 1 is 1.59 bits per heavy atom. The second kappa shape index (κ2) is 5.97. The summed E-state index contributed by atoms with van der Waals surface area (Å²) in [6.45, 7) is 2.34. The monoisotopic (exact) mass is 236 g/mol. The highest BCUT2D eigenvalue weighted by molar-refractivity contribution is 5.69. The zero-order chi connectivity index (χ0) is 12.8. The van der Waals surface area contributed by atoms with Gasteiger partial charge in [-0.05, 0) is 24.7 Å². The third kappa shape index (κ3) is 3.85. The number of nitriles is 1. The van der Waals surface area contributed by atoms with Crippen molar-refractivity contribution in [3.05, 3.63) is 35.1 Å². The average Bonchev–Trinajstić information content (AvgIpc) is 2.30. The SMILES string of the molecule is CCN(CC(=O)O)Cc1cc(C#N)ccc1F. The summed E-state index contributed by atoms with van der Waals surface area (Å²) in [5.74, 6) is -1.38. The molecule has 1 N–H and O–H groups in total. The van der Waals surface area contributed by atoms with E-state index in [1.54, 1.807) is 11.8 Å². The first kappa shape index (κ1) is 13.1. The van der Waals surface area contributed by atoms with Gasteiger partial charge in [-0.1, -0.05) is 6.92 Å². The molecule has 0 atom stereocenters. The van der Waals surface area contributed by atoms with Crippen LogP contribution in [0.1, 0.15) is 18.1 Å². The van der Waals surface area contributed by atoms with Crippen LogP contribution in [0.3, 0.4) is 0 Å². The van der Waals surface area contributed by atoms with Gasteiger partial charge in [-0.3, -0.25) is 9.69 Å². The van der Waals surface area contributed by atoms with Crippen LogP contribution in [0.2, 0.25) is 0 Å². The molecule has 0 aliphatic carbocycles. The van der Waals surface area contributed by atoms with E-state index in [-0.39, 0.29) is 13.1 Å². The lowest BCUT2D eigenvalue weighted by atomic mass is 10.1. The maximum atomic E-state index is 13.5. The fourth-order valence-electron chi connectivity index (χ4n) is 1.48. The second-order valence-electron chi connectivity index (χ2n) is 3.62. The molecule has 17 heavy (non-hydrogen) atoms. The van der Waals surface area contributed by atoms with Crippen molar-refractivity contribution in [3.63, 3.8) is 0 Å². The number of hydrogen-bond acceptors (Lipinski definition) is 3. The number of halogens is 1. The third-order valence-electron chi connectivity index (χ3n) is 2.37. The van der Waals surface area contributed by atoms with Crippen LogP contribution in [0.15, 0.2) is 18.2 Å². The van der Waals surface area contributed by atoms with Crippen LogP contribution >= 0.6 is 0 Å². The Kier molecular flexibility index (Phi) is 4.61. The number of benzene rings is 1. The molecule has 4 nitrogen and oxygen atoms in total. The first-order valence-electron chi connectivity index (χ1n) is 5.19. The lowest BCUT2D eigenvalue weighted by Gasteiger charge is -2.18. The molecule has 0 heterocycles. The fraction of sp³-hybridized carbons (Fsp3) is 0.333. The minimum atomic E-state index is -0.955. The van der Waals surface area contributed by atoms with Crippen molar-refractivity contribution >= 4 is 5.97 Å². The highest BCUT2D eigenvalue weighted by Gasteiger charge is 2.11. The van der Waals surface area contributed by atoms with E-state index in [1.807, 2.05) is 6.07 Å². The van der Waals surface area contributed by atoms with Gasteiger partial charge in [0.1, 0.15) is 5.82 Å². The molecule has 0 spiro atoms. The second-order valence-corrected chi connectivity index (χ2v) is 3.62. The highest BCUT2D eigenvalue weighted by atomic mass is 19.1. The van der Waals surface area contributed by atoms with E-state index < -0.39 is 11.8 Å². The molecule has 0 fully saturated rings. The highest BCUT2D eigenvalue weighted by Crippen LogP contribution is 2.12. The molecule has 0 bridgehead atoms. The Hall–Kier alpha value is -1.93. The van der Waals surface area contributed by atoms with Crippen LogP contribution in [0.5, 0.6) is 0 Å². The Morgan fingerprint density at radius 2 is 2.29 bits per heavy atom. The van der Waals surface area contributed by atoms with E-state index in [9.17, 15) is 9.18 Å². The molecule has 0 aromatic heterocycles. The molecule has 0 radical (unpaired) electrons. The average molecular weight is 236 g/mol. The van der Waals surface area contributed by atoms with Gasteiger partial charge in [0.15, 0.2) is 0 Å². The maximum Gasteiger partial charge on any atom is 0.317 e. The summed E-state index contributed by atoms with van der Waals surface area (Å²) < 4.78 is 13.5. The molecule has 0 amide bonds. The van der Waals surface area contributed by atoms with E-state index in [4.69, 9.17) is 10.4 Å². The topological polar surface area (TPSA) is 64.3 Å². The van der Waals surface area contributed by atoms with E-state index in [1.165, 1.54) is 18.2 Å². The Balaban J connectivity index is 2.85. The number of carboxylic acid groups (broad SMARTS) is 1. The first-order valence-corrected chi connectivity index (χ1v) is 5.19. The van der Waals surface area contributed by atoms with Crippen LogP contribution in [0, 0.1) is 17.1 Å². The summed E-state index contributed by atoms with van der Waals surface area (Å²) in [6.07, 6.45) is 0. The minimum absolute atomic E-state index is 0.146. The van der Waals surface area contributed by atoms with Gasteiger partial charge in [0.2, 0.25) is 0 Å². The smallest absolute Gasteiger partial charge is 0.317 e. The minimum Gasteiger partial charge on any atom is -0.480 e. The van der Waals surface area contributed by atoms with Crippen molar-refractivity contribution in [1.29, 1.82) is 5.26 Å². The molecular formula is C12H13FN2O2. The number of nitrogens with zero attached hydrogens (tertiary/aromatic N) is 2. The van der Waals surface area contributed by atoms with Gasteiger partial charge in [0.05, 0.1) is 18.2 Å². The predicted molar refractivity (Wildman–Crippen MR) is 59.7 cm³/mol. The summed E-state index contributed by atoms with van der Waals surface area (Å²) in [5.41, 5.74) is 0.708. The molecule has 0 aliphatic heterocycles. The van der Waals surface area contributed by atoms with Crippen LogP contribution in [0.4, 0.5) is 4.39 Å². The fourth-order valence-corrected chi connectivity index (χ4v) is 1.48. The van der Waals surface area contributed by atoms with Crippen LogP contribution in [-0.4, -0.2) is 29.1 Å². The molecule has 0 aliphatic rings. The standard InChI is InChI=1S/C12H13FN2O2/c1-2-15(8-12(16)17)7-10-5-9(6-14)3-4-11(10)13/h3-5H,2,7-8H2,1H3,(H,16,17). The number of aliphatic carboxylic acids is 1. The zero-order valence-electron chi connectivity index (χ0n) is 9.48. The summed E-state index contributed by atoms with van der Waals surface area (Å²) in [7, 11) is 0. The van der Waals surface area contributed by atoms with Crippen LogP contribution < -0.4 is 0 Å². The largest absolute Gasteiger partial charge is 0.480 e. The maximum absolute atomic E-state index is 13.5. The predicted octanol–water partition coefficient (Wildman–Crippen LogP) is 1.60. The van der Waals surface area contributed by atoms with Crippen molar-refractivity contribution < 1.29 is 14.3 Å². The van der Waals surface area contributed by atoms with Crippen molar-refractivity contribution in [1.82, 2.24) is 4.90 Å². The first-order chi connectivity index (χ1) is 8.06. The molecule has 0 unspecified atom stereocenters. The third-order valence-corrected chi connectivity index (χ3v) is 2.37. The van der Waals surface area contributed by atoms with Gasteiger partial charge in [-0.25, -0.2) is 4.39 Å². The molecule has 1 aromatic carbocycles. The normalized spacial score (nSPS) is 10.2. The zero-order valence-corrected chi connectivity index (χ0v) is 9.48. The molecule has 0 saturated heterocycles. The van der Waals surface area contributed by atoms with Gasteiger partial charge in [0.25, 0.3) is 0 Å². The van der Waals surface area contributed by atoms with E-state index in [2.05, 4.69) is 0 Å². The van der Waals surface area contributed by atoms with Crippen molar-refractivity contribution in [2.45, 2.75) is 13.5 Å². The number of rotatable bonds is 5. The summed E-state index contributed by atoms with van der Waals surface area (Å²) in [4.78, 5) is 12.2. The number of carboxylic acids is 1. The Labute approximate surface area is 98.9 Å². The van der Waals surface area contributed by atoms with Gasteiger partial charge in [-0.2, -0.15) is 5.26 Å². The molecule has 1 aromatic rings. The molecule has 90 valence electrons. The van der Waals surface area contributed by atoms with Crippen molar-refractivity contribution in [3.8, 4) is 6.07 Å². The van der Waals surface area contributed by atoms with E-state index in [0.717, 1.165) is 0 Å². The molecule has 1 rings (SSSR count). The Morgan fingerprint density at radius 3 is 2.82 bits per heavy atom. The number of likely N-dealkylation sites (N-methyl/N-ethyl adjacent to an activating group) is 1. The van der Waals surface area contributed by atoms with Gasteiger partial charge in [0, 0.05) is 12.1 Å². The van der Waals surface area contributed by atoms with Crippen LogP contribution in [-0.2, 0) is 11.3 Å². The Bertz CT molecular complexity index is 454. The molecule has 0 saturated carbocycles. The van der Waals surface area contributed by atoms with Gasteiger partial charge >= 0.3 is 5.97 Å². The van der Waals surface area contributed by atoms with Crippen molar-refractivity contribution in [2.75, 3.05) is 13.1 Å². The van der Waals surface area contributed by atoms with Gasteiger partial charge in [-0.15, -0.1) is 0 Å². The van der Waals surface area contributed by atoms with E-state index in [0.29, 0.717) is 17.7 Å². The number of carbonyl (C=O) groups is 1. The molecular weight excluding hydrogens is 223 g/mol. The lowest BCUT2D eigenvalue weighted by molar-refractivity contribution is -0.138. The summed E-state index contributed by atoms with van der Waals surface area (Å²) in [6, 6.07) is 5.99. The van der Waals surface area contributed by atoms with E-state index >= 15 is 0 Å². The van der Waals surface area contributed by atoms with Crippen LogP contribution in [0.25, 0.3) is 0 Å². The van der Waals surface area contributed by atoms with Crippen molar-refractivity contribution in [2.24, 2.45) is 0 Å². The molecule has 5 heteroatoms. The summed E-state index contributed by atoms with van der Waals surface area (Å²) in [5, 5.41) is 17.4.